The van der Waals surface area contributed by atoms with E-state index in [4.69, 9.17) is 10.2 Å². The number of amides is 1. The molecule has 5 nitrogen and oxygen atoms in total. The maximum absolute atomic E-state index is 12.4. The lowest BCUT2D eigenvalue weighted by molar-refractivity contribution is 0.0605. The van der Waals surface area contributed by atoms with E-state index in [9.17, 15) is 4.79 Å². The summed E-state index contributed by atoms with van der Waals surface area (Å²) < 4.78 is 5.70. The maximum atomic E-state index is 12.4. The summed E-state index contributed by atoms with van der Waals surface area (Å²) in [5.41, 5.74) is 6.85. The van der Waals surface area contributed by atoms with Gasteiger partial charge in [0.15, 0.2) is 5.76 Å². The van der Waals surface area contributed by atoms with Crippen LogP contribution in [0.15, 0.2) is 16.6 Å². The SMILES string of the molecule is NC1C=Cc2cc(C(=O)N[C@H]3CN4CCC3CC4)oc2C1. The van der Waals surface area contributed by atoms with Crippen LogP contribution in [-0.2, 0) is 6.42 Å². The van der Waals surface area contributed by atoms with Crippen LogP contribution >= 0.6 is 0 Å². The molecule has 3 aliphatic heterocycles. The molecule has 0 aromatic carbocycles. The van der Waals surface area contributed by atoms with Gasteiger partial charge in [-0.3, -0.25) is 4.79 Å². The minimum absolute atomic E-state index is 0.0126. The number of hydrogen-bond donors (Lipinski definition) is 2. The second kappa shape index (κ2) is 5.00. The molecule has 3 N–H and O–H groups in total. The first-order valence-electron chi connectivity index (χ1n) is 7.79. The van der Waals surface area contributed by atoms with Gasteiger partial charge in [0.1, 0.15) is 5.76 Å². The van der Waals surface area contributed by atoms with Crippen molar-refractivity contribution in [2.24, 2.45) is 11.7 Å². The van der Waals surface area contributed by atoms with Crippen molar-refractivity contribution in [1.29, 1.82) is 0 Å². The van der Waals surface area contributed by atoms with Gasteiger partial charge in [0.05, 0.1) is 0 Å². The van der Waals surface area contributed by atoms with E-state index in [0.717, 1.165) is 17.9 Å². The Balaban J connectivity index is 1.47. The van der Waals surface area contributed by atoms with Crippen LogP contribution in [0.25, 0.3) is 6.08 Å². The molecule has 0 saturated carbocycles. The number of furan rings is 1. The average molecular weight is 287 g/mol. The first-order chi connectivity index (χ1) is 10.2. The Labute approximate surface area is 124 Å². The summed E-state index contributed by atoms with van der Waals surface area (Å²) in [6.07, 6.45) is 6.94. The van der Waals surface area contributed by atoms with Gasteiger partial charge >= 0.3 is 0 Å². The van der Waals surface area contributed by atoms with Crippen LogP contribution in [0.3, 0.4) is 0 Å². The smallest absolute Gasteiger partial charge is 0.287 e. The number of nitrogens with zero attached hydrogens (tertiary/aromatic N) is 1. The highest BCUT2D eigenvalue weighted by molar-refractivity contribution is 5.92. The van der Waals surface area contributed by atoms with Crippen LogP contribution in [0.4, 0.5) is 0 Å². The molecular formula is C16H21N3O2. The molecule has 4 aliphatic rings. The zero-order valence-corrected chi connectivity index (χ0v) is 12.0. The predicted octanol–water partition coefficient (Wildman–Crippen LogP) is 1.00. The van der Waals surface area contributed by atoms with E-state index >= 15 is 0 Å². The van der Waals surface area contributed by atoms with Crippen molar-refractivity contribution >= 4 is 12.0 Å². The van der Waals surface area contributed by atoms with Crippen LogP contribution in [0, 0.1) is 5.92 Å². The Hall–Kier alpha value is -1.59. The number of piperidine rings is 3. The van der Waals surface area contributed by atoms with Gasteiger partial charge in [-0.25, -0.2) is 0 Å². The Morgan fingerprint density at radius 3 is 2.90 bits per heavy atom. The van der Waals surface area contributed by atoms with E-state index in [0.29, 0.717) is 18.1 Å². The van der Waals surface area contributed by atoms with Gasteiger partial charge in [0.25, 0.3) is 5.91 Å². The van der Waals surface area contributed by atoms with Crippen LogP contribution in [0.1, 0.15) is 34.7 Å². The van der Waals surface area contributed by atoms with Crippen molar-refractivity contribution in [2.45, 2.75) is 31.3 Å². The van der Waals surface area contributed by atoms with Crippen molar-refractivity contribution in [3.63, 3.8) is 0 Å². The molecule has 0 radical (unpaired) electrons. The van der Waals surface area contributed by atoms with E-state index in [1.54, 1.807) is 0 Å². The highest BCUT2D eigenvalue weighted by atomic mass is 16.4. The van der Waals surface area contributed by atoms with Crippen molar-refractivity contribution in [2.75, 3.05) is 19.6 Å². The third-order valence-corrected chi connectivity index (χ3v) is 4.98. The molecular weight excluding hydrogens is 266 g/mol. The quantitative estimate of drug-likeness (QED) is 0.851. The number of carbonyl (C=O) groups is 1. The van der Waals surface area contributed by atoms with E-state index in [1.165, 1.54) is 25.9 Å². The zero-order valence-electron chi connectivity index (χ0n) is 12.0. The molecule has 21 heavy (non-hydrogen) atoms. The molecule has 1 aromatic heterocycles. The fourth-order valence-electron chi connectivity index (χ4n) is 3.73. The summed E-state index contributed by atoms with van der Waals surface area (Å²) in [7, 11) is 0. The Kier molecular flexibility index (Phi) is 3.12. The van der Waals surface area contributed by atoms with Gasteiger partial charge in [-0.05, 0) is 37.9 Å². The second-order valence-corrected chi connectivity index (χ2v) is 6.43. The molecule has 4 heterocycles. The lowest BCUT2D eigenvalue weighted by Crippen LogP contribution is -2.57. The molecule has 3 fully saturated rings. The largest absolute Gasteiger partial charge is 0.455 e. The maximum Gasteiger partial charge on any atom is 0.287 e. The summed E-state index contributed by atoms with van der Waals surface area (Å²) in [5.74, 6) is 1.77. The average Bonchev–Trinajstić information content (AvgIpc) is 2.91. The van der Waals surface area contributed by atoms with Gasteiger partial charge < -0.3 is 20.4 Å². The lowest BCUT2D eigenvalue weighted by atomic mass is 9.84. The third-order valence-electron chi connectivity index (χ3n) is 4.98. The molecule has 1 amide bonds. The Bertz CT molecular complexity index is 584. The first-order valence-corrected chi connectivity index (χ1v) is 7.79. The molecule has 5 heteroatoms. The fraction of sp³-hybridized carbons (Fsp3) is 0.562. The molecule has 3 saturated heterocycles. The van der Waals surface area contributed by atoms with Crippen LogP contribution < -0.4 is 11.1 Å². The van der Waals surface area contributed by atoms with E-state index < -0.39 is 0 Å². The molecule has 5 rings (SSSR count). The Morgan fingerprint density at radius 1 is 1.38 bits per heavy atom. The number of nitrogens with two attached hydrogens (primary N) is 1. The monoisotopic (exact) mass is 287 g/mol. The minimum Gasteiger partial charge on any atom is -0.455 e. The molecule has 112 valence electrons. The number of fused-ring (bicyclic) bond motifs is 4. The number of hydrogen-bond acceptors (Lipinski definition) is 4. The number of nitrogens with one attached hydrogen (secondary N) is 1. The standard InChI is InChI=1S/C16H21N3O2/c17-12-2-1-11-7-15(21-14(11)8-12)16(20)18-13-9-19-5-3-10(13)4-6-19/h1-2,7,10,12-13H,3-6,8-9,17H2,(H,18,20)/t12?,13-/m0/s1. The van der Waals surface area contributed by atoms with Gasteiger partial charge in [0.2, 0.25) is 0 Å². The number of rotatable bonds is 2. The van der Waals surface area contributed by atoms with E-state index in [1.807, 2.05) is 18.2 Å². The zero-order chi connectivity index (χ0) is 14.4. The predicted molar refractivity (Wildman–Crippen MR) is 79.8 cm³/mol. The van der Waals surface area contributed by atoms with E-state index in [2.05, 4.69) is 10.2 Å². The van der Waals surface area contributed by atoms with Crippen molar-refractivity contribution in [3.05, 3.63) is 29.2 Å². The van der Waals surface area contributed by atoms with Crippen molar-refractivity contribution < 1.29 is 9.21 Å². The fourth-order valence-corrected chi connectivity index (χ4v) is 3.73. The third kappa shape index (κ3) is 2.40. The van der Waals surface area contributed by atoms with Gasteiger partial charge in [0, 0.05) is 30.6 Å². The first kappa shape index (κ1) is 13.1. The molecule has 2 atom stereocenters. The summed E-state index contributed by atoms with van der Waals surface area (Å²) in [4.78, 5) is 14.8. The molecule has 1 unspecified atom stereocenters. The highest BCUT2D eigenvalue weighted by Crippen LogP contribution is 2.28. The van der Waals surface area contributed by atoms with Crippen LogP contribution in [0.2, 0.25) is 0 Å². The van der Waals surface area contributed by atoms with Gasteiger partial charge in [-0.2, -0.15) is 0 Å². The minimum atomic E-state index is -0.0925. The summed E-state index contributed by atoms with van der Waals surface area (Å²) in [6, 6.07) is 2.08. The van der Waals surface area contributed by atoms with E-state index in [-0.39, 0.29) is 18.0 Å². The van der Waals surface area contributed by atoms with Gasteiger partial charge in [-0.15, -0.1) is 0 Å². The van der Waals surface area contributed by atoms with Crippen LogP contribution in [0.5, 0.6) is 0 Å². The highest BCUT2D eigenvalue weighted by Gasteiger charge is 2.35. The summed E-state index contributed by atoms with van der Waals surface area (Å²) >= 11 is 0. The summed E-state index contributed by atoms with van der Waals surface area (Å²) in [5, 5.41) is 3.16. The van der Waals surface area contributed by atoms with Crippen LogP contribution in [-0.4, -0.2) is 42.5 Å². The normalized spacial score (nSPS) is 33.8. The lowest BCUT2D eigenvalue weighted by Gasteiger charge is -2.44. The number of carbonyl (C=O) groups excluding carboxylic acids is 1. The second-order valence-electron chi connectivity index (χ2n) is 6.43. The van der Waals surface area contributed by atoms with Crippen molar-refractivity contribution in [1.82, 2.24) is 10.2 Å². The molecule has 1 aliphatic carbocycles. The molecule has 1 aromatic rings. The molecule has 2 bridgehead atoms. The van der Waals surface area contributed by atoms with Gasteiger partial charge in [-0.1, -0.05) is 12.2 Å². The topological polar surface area (TPSA) is 71.5 Å². The molecule has 0 spiro atoms. The Morgan fingerprint density at radius 2 is 2.19 bits per heavy atom. The van der Waals surface area contributed by atoms with Crippen molar-refractivity contribution in [3.8, 4) is 0 Å². The summed E-state index contributed by atoms with van der Waals surface area (Å²) in [6.45, 7) is 3.32.